The number of nitrogens with zero attached hydrogens (tertiary/aromatic N) is 1. The molecule has 5 heteroatoms. The summed E-state index contributed by atoms with van der Waals surface area (Å²) in [6, 6.07) is 7.14. The van der Waals surface area contributed by atoms with Gasteiger partial charge in [-0.3, -0.25) is 9.59 Å². The molecule has 2 rings (SSSR count). The summed E-state index contributed by atoms with van der Waals surface area (Å²) in [7, 11) is 0. The highest BCUT2D eigenvalue weighted by Gasteiger charge is 2.32. The van der Waals surface area contributed by atoms with Crippen LogP contribution in [-0.2, 0) is 4.79 Å². The van der Waals surface area contributed by atoms with Crippen LogP contribution in [0, 0.1) is 11.8 Å². The number of carbonyl (C=O) groups is 2. The lowest BCUT2D eigenvalue weighted by molar-refractivity contribution is -0.139. The van der Waals surface area contributed by atoms with Gasteiger partial charge < -0.3 is 14.7 Å². The smallest absolute Gasteiger partial charge is 0.303 e. The summed E-state index contributed by atoms with van der Waals surface area (Å²) in [5.74, 6) is 0.323. The zero-order chi connectivity index (χ0) is 15.4. The summed E-state index contributed by atoms with van der Waals surface area (Å²) in [5, 5.41) is 8.71. The normalized spacial score (nSPS) is 14.9. The molecule has 0 unspecified atom stereocenters. The molecule has 1 amide bonds. The average molecular weight is 291 g/mol. The lowest BCUT2D eigenvalue weighted by atomic mass is 9.95. The van der Waals surface area contributed by atoms with Gasteiger partial charge in [0.2, 0.25) is 0 Å². The summed E-state index contributed by atoms with van der Waals surface area (Å²) in [4.78, 5) is 24.5. The summed E-state index contributed by atoms with van der Waals surface area (Å²) in [6.07, 6.45) is 0.126. The van der Waals surface area contributed by atoms with E-state index in [0.717, 1.165) is 0 Å². The molecule has 21 heavy (non-hydrogen) atoms. The van der Waals surface area contributed by atoms with Crippen molar-refractivity contribution in [2.75, 3.05) is 19.7 Å². The molecular formula is C16H21NO4. The summed E-state index contributed by atoms with van der Waals surface area (Å²) >= 11 is 0. The lowest BCUT2D eigenvalue weighted by Gasteiger charge is -2.38. The fraction of sp³-hybridized carbons (Fsp3) is 0.500. The van der Waals surface area contributed by atoms with Gasteiger partial charge in [0.15, 0.2) is 0 Å². The predicted molar refractivity (Wildman–Crippen MR) is 78.4 cm³/mol. The number of rotatable bonds is 6. The number of carbonyl (C=O) groups excluding carboxylic acids is 1. The largest absolute Gasteiger partial charge is 0.493 e. The lowest BCUT2D eigenvalue weighted by Crippen LogP contribution is -2.50. The molecule has 1 fully saturated rings. The van der Waals surface area contributed by atoms with E-state index in [9.17, 15) is 9.59 Å². The first kappa shape index (κ1) is 15.4. The van der Waals surface area contributed by atoms with Crippen molar-refractivity contribution in [3.63, 3.8) is 0 Å². The van der Waals surface area contributed by atoms with Crippen molar-refractivity contribution < 1.29 is 19.4 Å². The first-order chi connectivity index (χ1) is 9.95. The second-order valence-corrected chi connectivity index (χ2v) is 5.91. The molecule has 0 bridgehead atoms. The Hall–Kier alpha value is -2.04. The first-order valence-corrected chi connectivity index (χ1v) is 7.19. The van der Waals surface area contributed by atoms with Gasteiger partial charge in [-0.25, -0.2) is 0 Å². The van der Waals surface area contributed by atoms with E-state index in [0.29, 0.717) is 36.9 Å². The monoisotopic (exact) mass is 291 g/mol. The average Bonchev–Trinajstić information content (AvgIpc) is 2.39. The Bertz CT molecular complexity index is 521. The third kappa shape index (κ3) is 4.21. The maximum atomic E-state index is 12.3. The minimum atomic E-state index is -0.809. The zero-order valence-corrected chi connectivity index (χ0v) is 12.4. The van der Waals surface area contributed by atoms with Gasteiger partial charge in [-0.15, -0.1) is 0 Å². The Morgan fingerprint density at radius 3 is 2.71 bits per heavy atom. The van der Waals surface area contributed by atoms with Gasteiger partial charge >= 0.3 is 5.97 Å². The SMILES string of the molecule is CC(C)COc1cccc(C(=O)N2CC(CC(=O)O)C2)c1. The quantitative estimate of drug-likeness (QED) is 0.873. The molecule has 1 N–H and O–H groups in total. The Morgan fingerprint density at radius 1 is 1.38 bits per heavy atom. The molecular weight excluding hydrogens is 270 g/mol. The standard InChI is InChI=1S/C16H21NO4/c1-11(2)10-21-14-5-3-4-13(7-14)16(20)17-8-12(9-17)6-15(18)19/h3-5,7,11-12H,6,8-10H2,1-2H3,(H,18,19). The minimum Gasteiger partial charge on any atom is -0.493 e. The van der Waals surface area contributed by atoms with E-state index >= 15 is 0 Å². The molecule has 1 aliphatic heterocycles. The predicted octanol–water partition coefficient (Wildman–Crippen LogP) is 2.27. The van der Waals surface area contributed by atoms with Crippen LogP contribution in [0.3, 0.4) is 0 Å². The van der Waals surface area contributed by atoms with Gasteiger partial charge in [-0.05, 0) is 24.1 Å². The molecule has 1 aliphatic rings. The van der Waals surface area contributed by atoms with Crippen molar-refractivity contribution in [3.05, 3.63) is 29.8 Å². The molecule has 0 radical (unpaired) electrons. The van der Waals surface area contributed by atoms with E-state index in [1.165, 1.54) is 0 Å². The van der Waals surface area contributed by atoms with E-state index in [4.69, 9.17) is 9.84 Å². The van der Waals surface area contributed by atoms with Gasteiger partial charge in [-0.2, -0.15) is 0 Å². The molecule has 1 heterocycles. The van der Waals surface area contributed by atoms with Crippen molar-refractivity contribution in [3.8, 4) is 5.75 Å². The molecule has 0 aromatic heterocycles. The molecule has 0 spiro atoms. The van der Waals surface area contributed by atoms with Crippen molar-refractivity contribution >= 4 is 11.9 Å². The maximum absolute atomic E-state index is 12.3. The second kappa shape index (κ2) is 6.61. The topological polar surface area (TPSA) is 66.8 Å². The maximum Gasteiger partial charge on any atom is 0.303 e. The van der Waals surface area contributed by atoms with Crippen LogP contribution in [0.2, 0.25) is 0 Å². The number of hydrogen-bond donors (Lipinski definition) is 1. The first-order valence-electron chi connectivity index (χ1n) is 7.19. The molecule has 1 saturated heterocycles. The number of amides is 1. The van der Waals surface area contributed by atoms with E-state index in [2.05, 4.69) is 13.8 Å². The van der Waals surface area contributed by atoms with E-state index < -0.39 is 5.97 Å². The van der Waals surface area contributed by atoms with Crippen LogP contribution in [0.25, 0.3) is 0 Å². The van der Waals surface area contributed by atoms with Crippen molar-refractivity contribution in [1.82, 2.24) is 4.90 Å². The number of ether oxygens (including phenoxy) is 1. The van der Waals surface area contributed by atoms with Gasteiger partial charge in [0, 0.05) is 24.6 Å². The fourth-order valence-electron chi connectivity index (χ4n) is 2.28. The van der Waals surface area contributed by atoms with Crippen molar-refractivity contribution in [1.29, 1.82) is 0 Å². The van der Waals surface area contributed by atoms with Gasteiger partial charge in [-0.1, -0.05) is 19.9 Å². The Morgan fingerprint density at radius 2 is 2.10 bits per heavy atom. The van der Waals surface area contributed by atoms with E-state index in [1.807, 2.05) is 6.07 Å². The van der Waals surface area contributed by atoms with E-state index in [-0.39, 0.29) is 18.2 Å². The Labute approximate surface area is 124 Å². The molecule has 0 atom stereocenters. The summed E-state index contributed by atoms with van der Waals surface area (Å²) in [6.45, 7) is 5.78. The van der Waals surface area contributed by atoms with Crippen LogP contribution in [0.5, 0.6) is 5.75 Å². The summed E-state index contributed by atoms with van der Waals surface area (Å²) < 4.78 is 5.61. The highest BCUT2D eigenvalue weighted by molar-refractivity contribution is 5.95. The van der Waals surface area contributed by atoms with Crippen molar-refractivity contribution in [2.24, 2.45) is 11.8 Å². The third-order valence-corrected chi connectivity index (χ3v) is 3.37. The molecule has 1 aromatic rings. The molecule has 5 nitrogen and oxygen atoms in total. The third-order valence-electron chi connectivity index (χ3n) is 3.37. The van der Waals surface area contributed by atoms with Crippen LogP contribution >= 0.6 is 0 Å². The number of likely N-dealkylation sites (tertiary alicyclic amines) is 1. The van der Waals surface area contributed by atoms with Gasteiger partial charge in [0.25, 0.3) is 5.91 Å². The van der Waals surface area contributed by atoms with Crippen molar-refractivity contribution in [2.45, 2.75) is 20.3 Å². The van der Waals surface area contributed by atoms with Crippen LogP contribution < -0.4 is 4.74 Å². The fourth-order valence-corrected chi connectivity index (χ4v) is 2.28. The van der Waals surface area contributed by atoms with E-state index in [1.54, 1.807) is 23.1 Å². The molecule has 1 aromatic carbocycles. The number of carboxylic acid groups (broad SMARTS) is 1. The minimum absolute atomic E-state index is 0.0633. The Balaban J connectivity index is 1.91. The molecule has 0 saturated carbocycles. The number of carboxylic acids is 1. The number of benzene rings is 1. The zero-order valence-electron chi connectivity index (χ0n) is 12.4. The van der Waals surface area contributed by atoms with Gasteiger partial charge in [0.05, 0.1) is 13.0 Å². The second-order valence-electron chi connectivity index (χ2n) is 5.91. The number of hydrogen-bond acceptors (Lipinski definition) is 3. The molecule has 0 aliphatic carbocycles. The molecule has 114 valence electrons. The van der Waals surface area contributed by atoms with Crippen LogP contribution in [-0.4, -0.2) is 41.6 Å². The Kier molecular flexibility index (Phi) is 4.83. The number of aliphatic carboxylic acids is 1. The van der Waals surface area contributed by atoms with Crippen LogP contribution in [0.1, 0.15) is 30.6 Å². The van der Waals surface area contributed by atoms with Crippen LogP contribution in [0.4, 0.5) is 0 Å². The van der Waals surface area contributed by atoms with Crippen LogP contribution in [0.15, 0.2) is 24.3 Å². The highest BCUT2D eigenvalue weighted by atomic mass is 16.5. The summed E-state index contributed by atoms with van der Waals surface area (Å²) in [5.41, 5.74) is 0.588. The highest BCUT2D eigenvalue weighted by Crippen LogP contribution is 2.23. The van der Waals surface area contributed by atoms with Gasteiger partial charge in [0.1, 0.15) is 5.75 Å².